The lowest BCUT2D eigenvalue weighted by atomic mass is 10.3. The lowest BCUT2D eigenvalue weighted by Crippen LogP contribution is -2.04. The van der Waals surface area contributed by atoms with Crippen LogP contribution in [0.1, 0.15) is 23.1 Å². The third-order valence-corrected chi connectivity index (χ3v) is 3.71. The summed E-state index contributed by atoms with van der Waals surface area (Å²) in [6.45, 7) is 5.15. The molecule has 0 unspecified atom stereocenters. The van der Waals surface area contributed by atoms with Crippen molar-refractivity contribution in [1.82, 2.24) is 9.78 Å². The van der Waals surface area contributed by atoms with Crippen LogP contribution in [0, 0.1) is 6.92 Å². The number of hydrogen-bond acceptors (Lipinski definition) is 3. The van der Waals surface area contributed by atoms with Gasteiger partial charge in [-0.05, 0) is 30.4 Å². The Morgan fingerprint density at radius 2 is 2.31 bits per heavy atom. The molecule has 2 rings (SSSR count). The predicted molar refractivity (Wildman–Crippen MR) is 69.0 cm³/mol. The standard InChI is InChI=1S/C12H17N3S/c1-4-10-7-12(15(3)14-10)13-8-11-9(2)5-6-16-11/h5-7,13H,4,8H2,1-3H3. The van der Waals surface area contributed by atoms with Crippen molar-refractivity contribution in [2.45, 2.75) is 26.8 Å². The maximum atomic E-state index is 4.41. The number of anilines is 1. The van der Waals surface area contributed by atoms with Gasteiger partial charge in [-0.15, -0.1) is 11.3 Å². The van der Waals surface area contributed by atoms with Crippen LogP contribution < -0.4 is 5.32 Å². The molecule has 0 atom stereocenters. The predicted octanol–water partition coefficient (Wildman–Crippen LogP) is 2.96. The molecule has 0 saturated carbocycles. The van der Waals surface area contributed by atoms with E-state index < -0.39 is 0 Å². The van der Waals surface area contributed by atoms with E-state index in [2.05, 4.69) is 41.8 Å². The molecule has 1 N–H and O–H groups in total. The van der Waals surface area contributed by atoms with Crippen molar-refractivity contribution in [3.63, 3.8) is 0 Å². The number of nitrogens with zero attached hydrogens (tertiary/aromatic N) is 2. The fourth-order valence-electron chi connectivity index (χ4n) is 1.62. The molecule has 0 aliphatic rings. The van der Waals surface area contributed by atoms with E-state index in [1.165, 1.54) is 10.4 Å². The van der Waals surface area contributed by atoms with E-state index in [0.717, 1.165) is 24.5 Å². The lowest BCUT2D eigenvalue weighted by Gasteiger charge is -2.05. The zero-order chi connectivity index (χ0) is 11.5. The fraction of sp³-hybridized carbons (Fsp3) is 0.417. The summed E-state index contributed by atoms with van der Waals surface area (Å²) in [6.07, 6.45) is 0.980. The average Bonchev–Trinajstić information content (AvgIpc) is 2.82. The molecule has 0 aliphatic heterocycles. The normalized spacial score (nSPS) is 10.7. The van der Waals surface area contributed by atoms with Gasteiger partial charge in [0.15, 0.2) is 0 Å². The van der Waals surface area contributed by atoms with Crippen LogP contribution in [0.5, 0.6) is 0 Å². The second kappa shape index (κ2) is 4.70. The number of nitrogens with one attached hydrogen (secondary N) is 1. The fourth-order valence-corrected chi connectivity index (χ4v) is 2.47. The van der Waals surface area contributed by atoms with E-state index in [1.807, 2.05) is 11.7 Å². The Morgan fingerprint density at radius 1 is 1.50 bits per heavy atom. The summed E-state index contributed by atoms with van der Waals surface area (Å²) in [7, 11) is 1.97. The first-order chi connectivity index (χ1) is 7.70. The molecule has 0 radical (unpaired) electrons. The quantitative estimate of drug-likeness (QED) is 0.883. The van der Waals surface area contributed by atoms with Crippen LogP contribution in [0.25, 0.3) is 0 Å². The second-order valence-corrected chi connectivity index (χ2v) is 4.88. The van der Waals surface area contributed by atoms with Crippen LogP contribution >= 0.6 is 11.3 Å². The minimum atomic E-state index is 0.881. The molecule has 0 amide bonds. The first-order valence-electron chi connectivity index (χ1n) is 5.50. The molecule has 2 heterocycles. The monoisotopic (exact) mass is 235 g/mol. The number of aromatic nitrogens is 2. The first-order valence-corrected chi connectivity index (χ1v) is 6.38. The van der Waals surface area contributed by atoms with Crippen LogP contribution in [0.15, 0.2) is 17.5 Å². The summed E-state index contributed by atoms with van der Waals surface area (Å²) in [5.74, 6) is 1.09. The van der Waals surface area contributed by atoms with Gasteiger partial charge in [0.25, 0.3) is 0 Å². The minimum absolute atomic E-state index is 0.881. The van der Waals surface area contributed by atoms with Gasteiger partial charge in [-0.2, -0.15) is 5.10 Å². The molecule has 4 heteroatoms. The third kappa shape index (κ3) is 2.27. The molecular weight excluding hydrogens is 218 g/mol. The molecule has 2 aromatic rings. The van der Waals surface area contributed by atoms with E-state index >= 15 is 0 Å². The number of thiophene rings is 1. The summed E-state index contributed by atoms with van der Waals surface area (Å²) in [5, 5.41) is 9.96. The van der Waals surface area contributed by atoms with Crippen molar-refractivity contribution in [3.05, 3.63) is 33.6 Å². The van der Waals surface area contributed by atoms with Gasteiger partial charge in [-0.3, -0.25) is 4.68 Å². The molecule has 0 aromatic carbocycles. The molecule has 0 spiro atoms. The molecule has 0 bridgehead atoms. The summed E-state index contributed by atoms with van der Waals surface area (Å²) in [5.41, 5.74) is 2.49. The minimum Gasteiger partial charge on any atom is -0.365 e. The molecule has 0 aliphatic carbocycles. The first kappa shape index (κ1) is 11.2. The van der Waals surface area contributed by atoms with E-state index in [-0.39, 0.29) is 0 Å². The zero-order valence-corrected chi connectivity index (χ0v) is 10.8. The highest BCUT2D eigenvalue weighted by atomic mass is 32.1. The summed E-state index contributed by atoms with van der Waals surface area (Å²) in [6, 6.07) is 4.27. The molecule has 2 aromatic heterocycles. The maximum absolute atomic E-state index is 4.41. The van der Waals surface area contributed by atoms with E-state index in [4.69, 9.17) is 0 Å². The highest BCUT2D eigenvalue weighted by Crippen LogP contribution is 2.18. The molecule has 0 saturated heterocycles. The van der Waals surface area contributed by atoms with Crippen LogP contribution in [0.3, 0.4) is 0 Å². The summed E-state index contributed by atoms with van der Waals surface area (Å²) < 4.78 is 1.90. The Balaban J connectivity index is 2.04. The summed E-state index contributed by atoms with van der Waals surface area (Å²) in [4.78, 5) is 1.39. The molecule has 86 valence electrons. The smallest absolute Gasteiger partial charge is 0.124 e. The Labute approximate surface area is 100 Å². The highest BCUT2D eigenvalue weighted by Gasteiger charge is 2.04. The van der Waals surface area contributed by atoms with Gasteiger partial charge in [-0.1, -0.05) is 6.92 Å². The lowest BCUT2D eigenvalue weighted by molar-refractivity contribution is 0.748. The summed E-state index contributed by atoms with van der Waals surface area (Å²) >= 11 is 1.80. The van der Waals surface area contributed by atoms with Gasteiger partial charge in [0.05, 0.1) is 12.2 Å². The second-order valence-electron chi connectivity index (χ2n) is 3.88. The van der Waals surface area contributed by atoms with Gasteiger partial charge in [0, 0.05) is 18.0 Å². The average molecular weight is 235 g/mol. The number of rotatable bonds is 4. The van der Waals surface area contributed by atoms with Crippen molar-refractivity contribution in [2.24, 2.45) is 7.05 Å². The van der Waals surface area contributed by atoms with Crippen LogP contribution in [0.2, 0.25) is 0 Å². The van der Waals surface area contributed by atoms with Crippen molar-refractivity contribution >= 4 is 17.2 Å². The van der Waals surface area contributed by atoms with Crippen molar-refractivity contribution in [1.29, 1.82) is 0 Å². The highest BCUT2D eigenvalue weighted by molar-refractivity contribution is 7.10. The van der Waals surface area contributed by atoms with Crippen LogP contribution in [-0.2, 0) is 20.0 Å². The third-order valence-electron chi connectivity index (χ3n) is 2.69. The number of aryl methyl sites for hydroxylation is 3. The molecular formula is C12H17N3S. The van der Waals surface area contributed by atoms with E-state index in [0.29, 0.717) is 0 Å². The number of hydrogen-bond donors (Lipinski definition) is 1. The van der Waals surface area contributed by atoms with Crippen LogP contribution in [0.4, 0.5) is 5.82 Å². The Kier molecular flexibility index (Phi) is 3.29. The molecule has 0 fully saturated rings. The van der Waals surface area contributed by atoms with E-state index in [1.54, 1.807) is 11.3 Å². The van der Waals surface area contributed by atoms with Crippen molar-refractivity contribution < 1.29 is 0 Å². The molecule has 3 nitrogen and oxygen atoms in total. The Bertz CT molecular complexity index is 470. The van der Waals surface area contributed by atoms with Gasteiger partial charge >= 0.3 is 0 Å². The Hall–Kier alpha value is -1.29. The van der Waals surface area contributed by atoms with Crippen LogP contribution in [-0.4, -0.2) is 9.78 Å². The largest absolute Gasteiger partial charge is 0.365 e. The Morgan fingerprint density at radius 3 is 2.88 bits per heavy atom. The van der Waals surface area contributed by atoms with Crippen molar-refractivity contribution in [2.75, 3.05) is 5.32 Å². The van der Waals surface area contributed by atoms with Gasteiger partial charge < -0.3 is 5.32 Å². The van der Waals surface area contributed by atoms with E-state index in [9.17, 15) is 0 Å². The van der Waals surface area contributed by atoms with Gasteiger partial charge in [0.2, 0.25) is 0 Å². The maximum Gasteiger partial charge on any atom is 0.124 e. The molecule has 16 heavy (non-hydrogen) atoms. The SMILES string of the molecule is CCc1cc(NCc2sccc2C)n(C)n1. The van der Waals surface area contributed by atoms with Gasteiger partial charge in [-0.25, -0.2) is 0 Å². The zero-order valence-electron chi connectivity index (χ0n) is 9.95. The topological polar surface area (TPSA) is 29.9 Å². The van der Waals surface area contributed by atoms with Crippen molar-refractivity contribution in [3.8, 4) is 0 Å². The van der Waals surface area contributed by atoms with Gasteiger partial charge in [0.1, 0.15) is 5.82 Å².